The topological polar surface area (TPSA) is 221 Å². The van der Waals surface area contributed by atoms with Crippen LogP contribution in [-0.4, -0.2) is 164 Å². The van der Waals surface area contributed by atoms with Gasteiger partial charge in [-0.2, -0.15) is 0 Å². The Morgan fingerprint density at radius 2 is 0.723 bits per heavy atom. The minimum atomic E-state index is -2.84. The van der Waals surface area contributed by atoms with Crippen molar-refractivity contribution in [1.29, 1.82) is 0 Å². The fourth-order valence-corrected chi connectivity index (χ4v) is 13.5. The van der Waals surface area contributed by atoms with Crippen molar-refractivity contribution in [3.8, 4) is 0 Å². The summed E-state index contributed by atoms with van der Waals surface area (Å²) in [6.07, 6.45) is -19.5. The van der Waals surface area contributed by atoms with Gasteiger partial charge in [-0.05, 0) is 89.4 Å². The predicted molar refractivity (Wildman–Crippen MR) is 354 cm³/mol. The molecular weight excluding hydrogens is 1240 g/mol. The number of carbonyl (C=O) groups excluding carboxylic acids is 3. The van der Waals surface area contributed by atoms with Gasteiger partial charge in [-0.25, -0.2) is 14.4 Å². The molecule has 3 saturated heterocycles. The molecule has 6 aromatic carbocycles. The first-order chi connectivity index (χ1) is 45.0. The molecule has 0 radical (unpaired) electrons. The molecule has 0 saturated carbocycles. The lowest BCUT2D eigenvalue weighted by atomic mass is 9.95. The number of rotatable bonds is 27. The van der Waals surface area contributed by atoms with Crippen molar-refractivity contribution in [2.75, 3.05) is 26.9 Å². The van der Waals surface area contributed by atoms with Gasteiger partial charge in [0.1, 0.15) is 54.9 Å². The smallest absolute Gasteiger partial charge is 0.338 e. The van der Waals surface area contributed by atoms with Crippen molar-refractivity contribution < 1.29 is 90.3 Å². The fraction of sp³-hybridized carbons (Fsp3) is 0.466. The molecule has 3 aliphatic heterocycles. The molecule has 506 valence electrons. The molecule has 21 heteroatoms. The first kappa shape index (κ1) is 71.9. The molecule has 3 aliphatic rings. The second-order valence-electron chi connectivity index (χ2n) is 26.8. The van der Waals surface area contributed by atoms with Crippen LogP contribution in [0.2, 0.25) is 36.3 Å². The molecule has 1 unspecified atom stereocenters. The van der Waals surface area contributed by atoms with Crippen LogP contribution in [0.15, 0.2) is 182 Å². The average Bonchev–Trinajstić information content (AvgIpc) is 0.772. The Balaban J connectivity index is 1.18. The largest absolute Gasteiger partial charge is 0.452 e. The first-order valence-corrected chi connectivity index (χ1v) is 37.9. The number of carbonyl (C=O) groups is 3. The first-order valence-electron chi connectivity index (χ1n) is 32.1. The molecule has 0 amide bonds. The van der Waals surface area contributed by atoms with E-state index >= 15 is 0 Å². The summed E-state index contributed by atoms with van der Waals surface area (Å²) < 4.78 is 96.1. The van der Waals surface area contributed by atoms with E-state index in [1.165, 1.54) is 7.11 Å². The summed E-state index contributed by atoms with van der Waals surface area (Å²) in [4.78, 5) is 43.4. The summed E-state index contributed by atoms with van der Waals surface area (Å²) in [5.41, 5.74) is 3.01. The third kappa shape index (κ3) is 18.2. The maximum atomic E-state index is 14.7. The van der Waals surface area contributed by atoms with Gasteiger partial charge in [0.15, 0.2) is 53.8 Å². The van der Waals surface area contributed by atoms with E-state index in [-0.39, 0.29) is 46.6 Å². The Bertz CT molecular complexity index is 3290. The number of esters is 3. The minimum absolute atomic E-state index is 0.00672. The molecule has 0 aromatic heterocycles. The second-order valence-corrected chi connectivity index (χ2v) is 36.4. The van der Waals surface area contributed by atoms with Crippen molar-refractivity contribution in [3.63, 3.8) is 0 Å². The van der Waals surface area contributed by atoms with Crippen LogP contribution < -0.4 is 0 Å². The lowest BCUT2D eigenvalue weighted by Crippen LogP contribution is -2.68. The van der Waals surface area contributed by atoms with Crippen LogP contribution >= 0.6 is 0 Å². The predicted octanol–water partition coefficient (Wildman–Crippen LogP) is 11.4. The summed E-state index contributed by atoms with van der Waals surface area (Å²) in [5.74, 6) is -2.29. The van der Waals surface area contributed by atoms with Crippen molar-refractivity contribution in [2.24, 2.45) is 0 Å². The number of ether oxygens (including phenoxy) is 12. The zero-order chi connectivity index (χ0) is 67.2. The van der Waals surface area contributed by atoms with Gasteiger partial charge in [-0.15, -0.1) is 0 Å². The molecule has 0 spiro atoms. The molecule has 6 aromatic rings. The number of hydrogen-bond donors (Lipinski definition) is 2. The molecule has 2 N–H and O–H groups in total. The molecule has 19 nitrogen and oxygen atoms in total. The van der Waals surface area contributed by atoms with E-state index < -0.39 is 146 Å². The van der Waals surface area contributed by atoms with Crippen LogP contribution in [0.5, 0.6) is 0 Å². The Morgan fingerprint density at radius 1 is 0.383 bits per heavy atom. The number of methoxy groups -OCH3 is 1. The Morgan fingerprint density at radius 3 is 1.13 bits per heavy atom. The monoisotopic (exact) mass is 1330 g/mol. The summed E-state index contributed by atoms with van der Waals surface area (Å²) in [5, 5.41) is 22.3. The highest BCUT2D eigenvalue weighted by Crippen LogP contribution is 2.45. The van der Waals surface area contributed by atoms with Crippen molar-refractivity contribution >= 4 is 34.5 Å². The van der Waals surface area contributed by atoms with E-state index in [4.69, 9.17) is 65.7 Å². The van der Waals surface area contributed by atoms with Crippen LogP contribution in [0.25, 0.3) is 0 Å². The van der Waals surface area contributed by atoms with Gasteiger partial charge >= 0.3 is 17.9 Å². The van der Waals surface area contributed by atoms with Gasteiger partial charge in [0, 0.05) is 7.11 Å². The van der Waals surface area contributed by atoms with Gasteiger partial charge < -0.3 is 75.9 Å². The molecule has 9 rings (SSSR count). The lowest BCUT2D eigenvalue weighted by Gasteiger charge is -2.52. The fourth-order valence-electron chi connectivity index (χ4n) is 10.9. The van der Waals surface area contributed by atoms with E-state index in [0.29, 0.717) is 0 Å². The van der Waals surface area contributed by atoms with Crippen molar-refractivity contribution in [2.45, 2.75) is 190 Å². The van der Waals surface area contributed by atoms with Gasteiger partial charge in [-0.3, -0.25) is 0 Å². The maximum absolute atomic E-state index is 14.7. The third-order valence-corrected chi connectivity index (χ3v) is 27.1. The summed E-state index contributed by atoms with van der Waals surface area (Å²) in [7, 11) is -4.24. The summed E-state index contributed by atoms with van der Waals surface area (Å²) >= 11 is 0. The minimum Gasteiger partial charge on any atom is -0.452 e. The van der Waals surface area contributed by atoms with E-state index in [1.54, 1.807) is 91.0 Å². The highest BCUT2D eigenvalue weighted by Gasteiger charge is 2.59. The number of aliphatic hydroxyl groups is 2. The lowest BCUT2D eigenvalue weighted by molar-refractivity contribution is -0.373. The van der Waals surface area contributed by atoms with Crippen molar-refractivity contribution in [3.05, 3.63) is 215 Å². The van der Waals surface area contributed by atoms with E-state index in [0.717, 1.165) is 16.7 Å². The number of benzene rings is 6. The van der Waals surface area contributed by atoms with E-state index in [1.807, 2.05) is 91.0 Å². The highest BCUT2D eigenvalue weighted by atomic mass is 28.4. The number of aliphatic hydroxyl groups excluding tert-OH is 2. The molecule has 3 heterocycles. The zero-order valence-corrected chi connectivity index (χ0v) is 57.6. The Kier molecular flexibility index (Phi) is 24.9. The molecule has 15 atom stereocenters. The third-order valence-electron chi connectivity index (χ3n) is 18.2. The summed E-state index contributed by atoms with van der Waals surface area (Å²) in [6, 6.07) is 53.6. The standard InChI is InChI=1S/C73H92O19Si2/c1-72(2,3)93(8,9)91-59-55(43-75)85-70(65(62(59)92-94(10,11)73(4,5)6)89-68(78)53-40-28-17-29-41-53)83-47-56-57(80-44-48-30-18-12-19-31-48)60(81-45-49-32-20-13-21-33-49)63(82-46-50-34-22-14-23-35-50)71(86-56)90-58-54(42-74)84-69(79-7)64(88-67(77)52-38-26-16-27-39-52)61(58)87-66(76)51-36-24-15-25-37-51/h12-41,54-65,69-71,74-75H,42-47H2,1-11H3/t54-,55-,56-,57-,58-,59-,60+,61+,62+,63-,64-,65-,69+,70-,71?/m1/s1. The molecular formula is C73H92O19Si2. The average molecular weight is 1330 g/mol. The molecule has 0 aliphatic carbocycles. The maximum Gasteiger partial charge on any atom is 0.338 e. The van der Waals surface area contributed by atoms with Crippen LogP contribution in [-0.2, 0) is 85.5 Å². The van der Waals surface area contributed by atoms with Gasteiger partial charge in [0.2, 0.25) is 0 Å². The van der Waals surface area contributed by atoms with Crippen molar-refractivity contribution in [1.82, 2.24) is 0 Å². The molecule has 94 heavy (non-hydrogen) atoms. The normalized spacial score (nSPS) is 26.8. The van der Waals surface area contributed by atoms with Crippen LogP contribution in [0, 0.1) is 0 Å². The zero-order valence-electron chi connectivity index (χ0n) is 55.6. The van der Waals surface area contributed by atoms with E-state index in [2.05, 4.69) is 67.7 Å². The number of hydrogen-bond acceptors (Lipinski definition) is 19. The van der Waals surface area contributed by atoms with Crippen LogP contribution in [0.1, 0.15) is 89.3 Å². The Labute approximate surface area is 554 Å². The quantitative estimate of drug-likeness (QED) is 0.0278. The highest BCUT2D eigenvalue weighted by molar-refractivity contribution is 6.74. The summed E-state index contributed by atoms with van der Waals surface area (Å²) in [6.45, 7) is 19.5. The van der Waals surface area contributed by atoms with Crippen LogP contribution in [0.4, 0.5) is 0 Å². The SMILES string of the molecule is CO[C@H]1O[C@H](CO)[C@@H](OC2O[C@H](CO[C@@H]3O[C@H](CO)[C@@H](O[Si](C)(C)C(C)(C)C)[C@H](O[Si](C)(C)C(C)(C)C)[C@H]3OC(=O)c3ccccc3)[C@@H](OCc3ccccc3)[C@H](OCc3ccccc3)[C@H]2OCc2ccccc2)[C@H](OC(=O)c2ccccc2)[C@H]1OC(=O)c1ccccc1. The van der Waals surface area contributed by atoms with Gasteiger partial charge in [-0.1, -0.05) is 187 Å². The second kappa shape index (κ2) is 32.6. The van der Waals surface area contributed by atoms with Gasteiger partial charge in [0.25, 0.3) is 0 Å². The Hall–Kier alpha value is -6.36. The van der Waals surface area contributed by atoms with E-state index in [9.17, 15) is 24.6 Å². The molecule has 0 bridgehead atoms. The van der Waals surface area contributed by atoms with Gasteiger partial charge in [0.05, 0.1) is 56.3 Å². The van der Waals surface area contributed by atoms with Crippen LogP contribution in [0.3, 0.4) is 0 Å². The molecule has 3 fully saturated rings.